The molecular formula is C19H30N4O2. The third-order valence-corrected chi connectivity index (χ3v) is 6.36. The van der Waals surface area contributed by atoms with E-state index in [1.54, 1.807) is 0 Å². The van der Waals surface area contributed by atoms with E-state index in [4.69, 9.17) is 4.42 Å². The summed E-state index contributed by atoms with van der Waals surface area (Å²) in [6.07, 6.45) is 5.05. The maximum absolute atomic E-state index is 12.6. The van der Waals surface area contributed by atoms with E-state index >= 15 is 0 Å². The van der Waals surface area contributed by atoms with Crippen LogP contribution in [0.5, 0.6) is 0 Å². The molecule has 3 aliphatic rings. The molecule has 1 saturated carbocycles. The molecular weight excluding hydrogens is 316 g/mol. The fourth-order valence-electron chi connectivity index (χ4n) is 4.65. The fourth-order valence-corrected chi connectivity index (χ4v) is 4.65. The van der Waals surface area contributed by atoms with Crippen molar-refractivity contribution in [3.8, 4) is 0 Å². The third-order valence-electron chi connectivity index (χ3n) is 6.36. The molecule has 0 N–H and O–H groups in total. The summed E-state index contributed by atoms with van der Waals surface area (Å²) in [5.74, 6) is 2.75. The average Bonchev–Trinajstić information content (AvgIpc) is 3.18. The van der Waals surface area contributed by atoms with Crippen molar-refractivity contribution in [2.45, 2.75) is 52.4 Å². The molecule has 6 heteroatoms. The van der Waals surface area contributed by atoms with E-state index in [2.05, 4.69) is 15.1 Å². The highest BCUT2D eigenvalue weighted by molar-refractivity contribution is 5.78. The van der Waals surface area contributed by atoms with Crippen molar-refractivity contribution in [3.05, 3.63) is 11.8 Å². The summed E-state index contributed by atoms with van der Waals surface area (Å²) in [5.41, 5.74) is 0.101. The van der Waals surface area contributed by atoms with Crippen molar-refractivity contribution in [1.29, 1.82) is 0 Å². The third kappa shape index (κ3) is 3.33. The molecule has 3 heterocycles. The lowest BCUT2D eigenvalue weighted by Gasteiger charge is -2.41. The molecule has 2 aliphatic heterocycles. The molecule has 3 fully saturated rings. The molecule has 6 nitrogen and oxygen atoms in total. The van der Waals surface area contributed by atoms with Gasteiger partial charge in [0.15, 0.2) is 0 Å². The molecule has 138 valence electrons. The first kappa shape index (κ1) is 17.0. The van der Waals surface area contributed by atoms with Crippen LogP contribution in [0.4, 0.5) is 0 Å². The molecule has 2 saturated heterocycles. The fraction of sp³-hybridized carbons (Fsp3) is 0.842. The molecule has 1 spiro atoms. The number of piperidine rings is 1. The predicted molar refractivity (Wildman–Crippen MR) is 94.0 cm³/mol. The van der Waals surface area contributed by atoms with Gasteiger partial charge in [-0.1, -0.05) is 13.8 Å². The summed E-state index contributed by atoms with van der Waals surface area (Å²) >= 11 is 0. The van der Waals surface area contributed by atoms with E-state index in [0.29, 0.717) is 5.89 Å². The maximum Gasteiger partial charge on any atom is 0.225 e. The van der Waals surface area contributed by atoms with E-state index in [1.807, 2.05) is 25.7 Å². The van der Waals surface area contributed by atoms with Crippen LogP contribution in [0.25, 0.3) is 0 Å². The van der Waals surface area contributed by atoms with Crippen LogP contribution in [0.2, 0.25) is 0 Å². The van der Waals surface area contributed by atoms with Crippen molar-refractivity contribution in [1.82, 2.24) is 20.0 Å². The van der Waals surface area contributed by atoms with Gasteiger partial charge in [0, 0.05) is 37.9 Å². The molecule has 1 aliphatic carbocycles. The Hall–Kier alpha value is -1.43. The van der Waals surface area contributed by atoms with Gasteiger partial charge in [-0.2, -0.15) is 0 Å². The molecule has 1 aromatic heterocycles. The van der Waals surface area contributed by atoms with Gasteiger partial charge in [-0.25, -0.2) is 0 Å². The van der Waals surface area contributed by atoms with E-state index in [-0.39, 0.29) is 23.2 Å². The number of amides is 1. The molecule has 1 amide bonds. The Labute approximate surface area is 150 Å². The summed E-state index contributed by atoms with van der Waals surface area (Å²) in [7, 11) is 0. The standard InChI is InChI=1S/C19H30N4O2/c1-13(2)18(24)23-11-16(17-21-20-14(3)25-17)19(12-23)6-8-22(9-7-19)10-15-4-5-15/h13,15-16H,4-12H2,1-3H3. The number of hydrogen-bond donors (Lipinski definition) is 0. The number of carbonyl (C=O) groups excluding carboxylic acids is 1. The largest absolute Gasteiger partial charge is 0.425 e. The lowest BCUT2D eigenvalue weighted by atomic mass is 9.70. The van der Waals surface area contributed by atoms with Crippen molar-refractivity contribution in [2.75, 3.05) is 32.7 Å². The first-order valence-electron chi connectivity index (χ1n) is 9.78. The lowest BCUT2D eigenvalue weighted by Crippen LogP contribution is -2.45. The van der Waals surface area contributed by atoms with E-state index in [0.717, 1.165) is 50.8 Å². The average molecular weight is 346 g/mol. The predicted octanol–water partition coefficient (Wildman–Crippen LogP) is 2.45. The first-order chi connectivity index (χ1) is 12.0. The van der Waals surface area contributed by atoms with Crippen molar-refractivity contribution >= 4 is 5.91 Å². The quantitative estimate of drug-likeness (QED) is 0.838. The maximum atomic E-state index is 12.6. The van der Waals surface area contributed by atoms with E-state index in [9.17, 15) is 4.79 Å². The van der Waals surface area contributed by atoms with Gasteiger partial charge < -0.3 is 14.2 Å². The van der Waals surface area contributed by atoms with Crippen LogP contribution in [0.3, 0.4) is 0 Å². The van der Waals surface area contributed by atoms with Crippen LogP contribution < -0.4 is 0 Å². The minimum absolute atomic E-state index is 0.0372. The molecule has 1 unspecified atom stereocenters. The Balaban J connectivity index is 1.53. The van der Waals surface area contributed by atoms with Gasteiger partial charge in [-0.3, -0.25) is 4.79 Å². The summed E-state index contributed by atoms with van der Waals surface area (Å²) in [6, 6.07) is 0. The Morgan fingerprint density at radius 3 is 2.56 bits per heavy atom. The van der Waals surface area contributed by atoms with Gasteiger partial charge in [0.25, 0.3) is 0 Å². The SMILES string of the molecule is Cc1nnc(C2CN(C(=O)C(C)C)CC23CCN(CC2CC2)CC3)o1. The summed E-state index contributed by atoms with van der Waals surface area (Å²) in [6.45, 7) is 10.9. The normalized spacial score (nSPS) is 26.7. The highest BCUT2D eigenvalue weighted by atomic mass is 16.4. The Kier molecular flexibility index (Phi) is 4.34. The molecule has 1 aromatic rings. The summed E-state index contributed by atoms with van der Waals surface area (Å²) in [4.78, 5) is 17.3. The lowest BCUT2D eigenvalue weighted by molar-refractivity contribution is -0.133. The minimum atomic E-state index is 0.0372. The van der Waals surface area contributed by atoms with Gasteiger partial charge in [-0.05, 0) is 44.7 Å². The van der Waals surface area contributed by atoms with Crippen molar-refractivity contribution < 1.29 is 9.21 Å². The molecule has 0 bridgehead atoms. The zero-order chi connectivity index (χ0) is 17.6. The van der Waals surface area contributed by atoms with Crippen molar-refractivity contribution in [2.24, 2.45) is 17.3 Å². The van der Waals surface area contributed by atoms with Crippen molar-refractivity contribution in [3.63, 3.8) is 0 Å². The van der Waals surface area contributed by atoms with Gasteiger partial charge in [0.2, 0.25) is 17.7 Å². The molecule has 4 rings (SSSR count). The number of hydrogen-bond acceptors (Lipinski definition) is 5. The molecule has 0 radical (unpaired) electrons. The van der Waals surface area contributed by atoms with Crippen LogP contribution in [-0.2, 0) is 4.79 Å². The van der Waals surface area contributed by atoms with Crippen LogP contribution in [-0.4, -0.2) is 58.6 Å². The summed E-state index contributed by atoms with van der Waals surface area (Å²) in [5, 5.41) is 8.37. The zero-order valence-electron chi connectivity index (χ0n) is 15.7. The van der Waals surface area contributed by atoms with Gasteiger partial charge in [0.05, 0.1) is 5.92 Å². The molecule has 0 aromatic carbocycles. The van der Waals surface area contributed by atoms with E-state index < -0.39 is 0 Å². The number of aromatic nitrogens is 2. The second-order valence-electron chi connectivity index (χ2n) is 8.69. The number of aryl methyl sites for hydroxylation is 1. The summed E-state index contributed by atoms with van der Waals surface area (Å²) < 4.78 is 5.81. The van der Waals surface area contributed by atoms with Crippen LogP contribution in [0, 0.1) is 24.2 Å². The van der Waals surface area contributed by atoms with Gasteiger partial charge in [-0.15, -0.1) is 10.2 Å². The van der Waals surface area contributed by atoms with Gasteiger partial charge >= 0.3 is 0 Å². The Morgan fingerprint density at radius 2 is 2.00 bits per heavy atom. The van der Waals surface area contributed by atoms with E-state index in [1.165, 1.54) is 19.4 Å². The minimum Gasteiger partial charge on any atom is -0.425 e. The topological polar surface area (TPSA) is 62.5 Å². The van der Waals surface area contributed by atoms with Crippen LogP contribution in [0.1, 0.15) is 57.2 Å². The number of rotatable bonds is 4. The first-order valence-corrected chi connectivity index (χ1v) is 9.78. The van der Waals surface area contributed by atoms with Gasteiger partial charge in [0.1, 0.15) is 0 Å². The number of likely N-dealkylation sites (tertiary alicyclic amines) is 2. The molecule has 25 heavy (non-hydrogen) atoms. The highest BCUT2D eigenvalue weighted by Gasteiger charge is 2.52. The van der Waals surface area contributed by atoms with Crippen LogP contribution in [0.15, 0.2) is 4.42 Å². The smallest absolute Gasteiger partial charge is 0.225 e. The highest BCUT2D eigenvalue weighted by Crippen LogP contribution is 2.50. The Bertz CT molecular complexity index is 629. The number of nitrogens with zero attached hydrogens (tertiary/aromatic N) is 4. The van der Waals surface area contributed by atoms with Crippen LogP contribution >= 0.6 is 0 Å². The zero-order valence-corrected chi connectivity index (χ0v) is 15.7. The number of carbonyl (C=O) groups is 1. The monoisotopic (exact) mass is 346 g/mol. The Morgan fingerprint density at radius 1 is 1.28 bits per heavy atom. The second kappa shape index (κ2) is 6.38. The second-order valence-corrected chi connectivity index (χ2v) is 8.69. The molecule has 1 atom stereocenters.